The maximum absolute atomic E-state index is 6.64. The van der Waals surface area contributed by atoms with E-state index in [-0.39, 0.29) is 11.5 Å². The van der Waals surface area contributed by atoms with Crippen molar-refractivity contribution >= 4 is 8.32 Å². The van der Waals surface area contributed by atoms with Gasteiger partial charge in [0.05, 0.1) is 6.10 Å². The highest BCUT2D eigenvalue weighted by atomic mass is 28.4. The Balaban J connectivity index is 4.96. The molecule has 0 N–H and O–H groups in total. The van der Waals surface area contributed by atoms with Gasteiger partial charge in [-0.1, -0.05) is 48.0 Å². The van der Waals surface area contributed by atoms with Crippen molar-refractivity contribution in [2.75, 3.05) is 0 Å². The average molecular weight is 269 g/mol. The lowest BCUT2D eigenvalue weighted by molar-refractivity contribution is 0.0596. The van der Waals surface area contributed by atoms with Gasteiger partial charge in [0.2, 0.25) is 0 Å². The van der Waals surface area contributed by atoms with Gasteiger partial charge in [-0.05, 0) is 30.0 Å². The maximum Gasteiger partial charge on any atom is 0.192 e. The first-order valence-electron chi connectivity index (χ1n) is 7.52. The van der Waals surface area contributed by atoms with Crippen LogP contribution >= 0.6 is 0 Å². The van der Waals surface area contributed by atoms with Crippen molar-refractivity contribution < 1.29 is 4.43 Å². The lowest BCUT2D eigenvalue weighted by Gasteiger charge is -2.40. The molecule has 0 aliphatic rings. The third-order valence-electron chi connectivity index (χ3n) is 4.39. The zero-order valence-corrected chi connectivity index (χ0v) is 14.3. The summed E-state index contributed by atoms with van der Waals surface area (Å²) < 4.78 is 6.64. The first kappa shape index (κ1) is 17.7. The summed E-state index contributed by atoms with van der Waals surface area (Å²) in [4.78, 5) is 0. The highest BCUT2D eigenvalue weighted by Crippen LogP contribution is 2.35. The van der Waals surface area contributed by atoms with Gasteiger partial charge in [-0.25, -0.2) is 0 Å². The van der Waals surface area contributed by atoms with Crippen LogP contribution in [0.2, 0.25) is 18.1 Å². The second-order valence-electron chi connectivity index (χ2n) is 6.00. The number of terminal acetylenes is 1. The molecule has 0 aromatic rings. The summed E-state index contributed by atoms with van der Waals surface area (Å²) in [6.07, 6.45) is 8.91. The van der Waals surface area contributed by atoms with Crippen LogP contribution in [-0.2, 0) is 4.43 Å². The van der Waals surface area contributed by atoms with Gasteiger partial charge in [0, 0.05) is 6.42 Å². The third-order valence-corrected chi connectivity index (χ3v) is 9.05. The van der Waals surface area contributed by atoms with E-state index in [2.05, 4.69) is 47.5 Å². The number of rotatable bonds is 9. The van der Waals surface area contributed by atoms with Crippen molar-refractivity contribution in [1.29, 1.82) is 0 Å². The van der Waals surface area contributed by atoms with Gasteiger partial charge in [-0.2, -0.15) is 0 Å². The Kier molecular flexibility index (Phi) is 7.90. The van der Waals surface area contributed by atoms with E-state index in [1.165, 1.54) is 31.0 Å². The quantitative estimate of drug-likeness (QED) is 0.411. The van der Waals surface area contributed by atoms with Gasteiger partial charge in [-0.3, -0.25) is 0 Å². The van der Waals surface area contributed by atoms with E-state index in [9.17, 15) is 0 Å². The van der Waals surface area contributed by atoms with E-state index in [1.54, 1.807) is 0 Å². The summed E-state index contributed by atoms with van der Waals surface area (Å²) in [7, 11) is -1.55. The molecule has 1 unspecified atom stereocenters. The van der Waals surface area contributed by atoms with E-state index >= 15 is 0 Å². The third kappa shape index (κ3) is 4.78. The minimum absolute atomic E-state index is 0.193. The molecule has 0 aromatic heterocycles. The topological polar surface area (TPSA) is 9.23 Å². The van der Waals surface area contributed by atoms with Gasteiger partial charge in [0.1, 0.15) is 0 Å². The van der Waals surface area contributed by atoms with Crippen molar-refractivity contribution in [1.82, 2.24) is 0 Å². The van der Waals surface area contributed by atoms with Crippen LogP contribution in [0.1, 0.15) is 60.8 Å². The van der Waals surface area contributed by atoms with E-state index in [4.69, 9.17) is 10.8 Å². The summed E-state index contributed by atoms with van der Waals surface area (Å²) >= 11 is 0. The lowest BCUT2D eigenvalue weighted by Crippen LogP contribution is -2.45. The molecule has 0 fully saturated rings. The highest BCUT2D eigenvalue weighted by molar-refractivity contribution is 6.73. The van der Waals surface area contributed by atoms with Crippen LogP contribution in [0.4, 0.5) is 0 Å². The molecule has 1 atom stereocenters. The number of hydrogen-bond donors (Lipinski definition) is 0. The summed E-state index contributed by atoms with van der Waals surface area (Å²) in [5.41, 5.74) is 0.193. The monoisotopic (exact) mass is 268 g/mol. The van der Waals surface area contributed by atoms with Gasteiger partial charge in [0.25, 0.3) is 0 Å². The second-order valence-corrected chi connectivity index (χ2v) is 10.7. The van der Waals surface area contributed by atoms with Crippen LogP contribution in [0.15, 0.2) is 0 Å². The lowest BCUT2D eigenvalue weighted by atomic mass is 9.81. The van der Waals surface area contributed by atoms with Crippen LogP contribution in [-0.4, -0.2) is 14.4 Å². The summed E-state index contributed by atoms with van der Waals surface area (Å²) in [5, 5.41) is 0. The molecule has 0 bridgehead atoms. The molecule has 18 heavy (non-hydrogen) atoms. The fraction of sp³-hybridized carbons (Fsp3) is 0.875. The Hall–Kier alpha value is -0.263. The maximum atomic E-state index is 6.64. The van der Waals surface area contributed by atoms with Crippen LogP contribution < -0.4 is 0 Å². The first-order chi connectivity index (χ1) is 8.41. The predicted molar refractivity (Wildman–Crippen MR) is 84.2 cm³/mol. The molecule has 0 saturated heterocycles. The molecular weight excluding hydrogens is 236 g/mol. The van der Waals surface area contributed by atoms with E-state index in [0.717, 1.165) is 6.42 Å². The zero-order valence-electron chi connectivity index (χ0n) is 13.3. The molecule has 1 nitrogen and oxygen atoms in total. The highest BCUT2D eigenvalue weighted by Gasteiger charge is 2.37. The van der Waals surface area contributed by atoms with Crippen LogP contribution in [0, 0.1) is 17.8 Å². The Morgan fingerprint density at radius 1 is 1.11 bits per heavy atom. The minimum Gasteiger partial charge on any atom is -0.412 e. The smallest absolute Gasteiger partial charge is 0.192 e. The van der Waals surface area contributed by atoms with Crippen molar-refractivity contribution in [2.45, 2.75) is 85.0 Å². The average Bonchev–Trinajstić information content (AvgIpc) is 2.35. The van der Waals surface area contributed by atoms with Gasteiger partial charge >= 0.3 is 0 Å². The summed E-state index contributed by atoms with van der Waals surface area (Å²) in [5.74, 6) is 2.82. The van der Waals surface area contributed by atoms with Gasteiger partial charge in [0.15, 0.2) is 8.32 Å². The fourth-order valence-electron chi connectivity index (χ4n) is 2.69. The Morgan fingerprint density at radius 3 is 1.94 bits per heavy atom. The molecule has 0 aliphatic heterocycles. The second kappa shape index (κ2) is 8.02. The largest absolute Gasteiger partial charge is 0.412 e. The van der Waals surface area contributed by atoms with Crippen molar-refractivity contribution in [2.24, 2.45) is 5.41 Å². The first-order valence-corrected chi connectivity index (χ1v) is 10.1. The van der Waals surface area contributed by atoms with Crippen molar-refractivity contribution in [3.05, 3.63) is 0 Å². The normalized spacial score (nSPS) is 14.3. The molecular formula is C16H32OSi. The van der Waals surface area contributed by atoms with Crippen LogP contribution in [0.5, 0.6) is 0 Å². The van der Waals surface area contributed by atoms with Gasteiger partial charge in [-0.15, -0.1) is 12.3 Å². The summed E-state index contributed by atoms with van der Waals surface area (Å²) in [6.45, 7) is 13.7. The van der Waals surface area contributed by atoms with E-state index in [0.29, 0.717) is 0 Å². The molecule has 0 rings (SSSR count). The molecule has 0 heterocycles. The van der Waals surface area contributed by atoms with Crippen LogP contribution in [0.25, 0.3) is 0 Å². The molecule has 0 amide bonds. The molecule has 0 aliphatic carbocycles. The molecule has 106 valence electrons. The Morgan fingerprint density at radius 2 is 1.61 bits per heavy atom. The van der Waals surface area contributed by atoms with E-state index in [1.807, 2.05) is 0 Å². The Labute approximate surface area is 116 Å². The minimum atomic E-state index is -1.55. The molecule has 0 spiro atoms. The molecule has 0 radical (unpaired) electrons. The molecule has 0 saturated carbocycles. The SMILES string of the molecule is C#CCC(O[Si](CC)(CC)CC)C(C)(C)CCC. The zero-order chi connectivity index (χ0) is 14.2. The van der Waals surface area contributed by atoms with Crippen molar-refractivity contribution in [3.8, 4) is 12.3 Å². The number of hydrogen-bond acceptors (Lipinski definition) is 1. The molecule has 0 aromatic carbocycles. The Bertz CT molecular complexity index is 252. The van der Waals surface area contributed by atoms with Gasteiger partial charge < -0.3 is 4.43 Å². The standard InChI is InChI=1S/C16H32OSi/c1-8-13-15(16(6,7)14-9-2)17-18(10-3,11-4)12-5/h1,15H,9-14H2,2-7H3. The van der Waals surface area contributed by atoms with Crippen molar-refractivity contribution in [3.63, 3.8) is 0 Å². The predicted octanol–water partition coefficient (Wildman–Crippen LogP) is 5.23. The summed E-state index contributed by atoms with van der Waals surface area (Å²) in [6, 6.07) is 3.59. The van der Waals surface area contributed by atoms with E-state index < -0.39 is 8.32 Å². The fourth-order valence-corrected chi connectivity index (χ4v) is 5.70. The van der Waals surface area contributed by atoms with Crippen LogP contribution in [0.3, 0.4) is 0 Å². The molecule has 2 heteroatoms.